The smallest absolute Gasteiger partial charge is 0.354 e. The second-order valence-electron chi connectivity index (χ2n) is 7.55. The van der Waals surface area contributed by atoms with Crippen molar-refractivity contribution in [2.24, 2.45) is 0 Å². The van der Waals surface area contributed by atoms with Crippen LogP contribution in [0.5, 0.6) is 17.2 Å². The van der Waals surface area contributed by atoms with E-state index in [1.807, 2.05) is 12.1 Å². The Morgan fingerprint density at radius 1 is 1.06 bits per heavy atom. The summed E-state index contributed by atoms with van der Waals surface area (Å²) in [5, 5.41) is 10.7. The molecule has 0 radical (unpaired) electrons. The van der Waals surface area contributed by atoms with Crippen molar-refractivity contribution in [3.05, 3.63) is 86.4 Å². The van der Waals surface area contributed by atoms with Crippen LogP contribution in [-0.2, 0) is 13.0 Å². The summed E-state index contributed by atoms with van der Waals surface area (Å²) >= 11 is 0.836. The Morgan fingerprint density at radius 2 is 1.82 bits per heavy atom. The Morgan fingerprint density at radius 3 is 2.53 bits per heavy atom. The van der Waals surface area contributed by atoms with Crippen molar-refractivity contribution in [3.63, 3.8) is 0 Å². The van der Waals surface area contributed by atoms with E-state index in [2.05, 4.69) is 0 Å². The van der Waals surface area contributed by atoms with Gasteiger partial charge in [-0.15, -0.1) is 0 Å². The van der Waals surface area contributed by atoms with Gasteiger partial charge in [0.25, 0.3) is 5.56 Å². The monoisotopic (exact) mass is 483 g/mol. The van der Waals surface area contributed by atoms with Crippen LogP contribution in [-0.4, -0.2) is 23.9 Å². The molecule has 0 unspecified atom stereocenters. The van der Waals surface area contributed by atoms with Gasteiger partial charge in [0, 0.05) is 23.2 Å². The second kappa shape index (κ2) is 9.64. The summed E-state index contributed by atoms with van der Waals surface area (Å²) in [6.07, 6.45) is 0.509. The van der Waals surface area contributed by atoms with Crippen LogP contribution in [0.15, 0.2) is 72.3 Å². The summed E-state index contributed by atoms with van der Waals surface area (Å²) in [5.41, 5.74) is 0.205. The maximum absolute atomic E-state index is 13.6. The summed E-state index contributed by atoms with van der Waals surface area (Å²) in [6, 6.07) is 12.6. The maximum Gasteiger partial charge on any atom is 0.354 e. The average molecular weight is 484 g/mol. The zero-order valence-corrected chi connectivity index (χ0v) is 19.6. The molecule has 7 nitrogen and oxygen atoms in total. The standard InChI is InChI=1S/C25H22FNO6S/c1-14-11-20-21(22(28)23(25(30)33-20)34-17-6-4-5-16(26)13-17)24(29)27(14)10-9-15-7-8-18(31-2)19(12-15)32-3/h4-8,11-13,28H,9-10H2,1-3H3. The topological polar surface area (TPSA) is 90.9 Å². The summed E-state index contributed by atoms with van der Waals surface area (Å²) in [6.45, 7) is 2.04. The van der Waals surface area contributed by atoms with Gasteiger partial charge < -0.3 is 23.6 Å². The molecular formula is C25H22FNO6S. The molecular weight excluding hydrogens is 461 g/mol. The highest BCUT2D eigenvalue weighted by Crippen LogP contribution is 2.35. The van der Waals surface area contributed by atoms with Crippen molar-refractivity contribution in [1.29, 1.82) is 0 Å². The Bertz CT molecular complexity index is 1490. The van der Waals surface area contributed by atoms with Crippen molar-refractivity contribution in [1.82, 2.24) is 4.57 Å². The van der Waals surface area contributed by atoms with E-state index in [1.165, 1.54) is 22.8 Å². The molecule has 0 bridgehead atoms. The number of pyridine rings is 1. The number of rotatable bonds is 7. The van der Waals surface area contributed by atoms with Gasteiger partial charge >= 0.3 is 5.63 Å². The van der Waals surface area contributed by atoms with Crippen molar-refractivity contribution < 1.29 is 23.4 Å². The lowest BCUT2D eigenvalue weighted by Gasteiger charge is -2.14. The number of aromatic hydroxyl groups is 1. The molecule has 0 spiro atoms. The molecule has 4 rings (SSSR count). The SMILES string of the molecule is COc1ccc(CCn2c(C)cc3oc(=O)c(Sc4cccc(F)c4)c(O)c3c2=O)cc1OC. The van der Waals surface area contributed by atoms with E-state index in [4.69, 9.17) is 13.9 Å². The van der Waals surface area contributed by atoms with E-state index >= 15 is 0 Å². The van der Waals surface area contributed by atoms with Gasteiger partial charge in [0.15, 0.2) is 17.2 Å². The minimum atomic E-state index is -0.805. The zero-order valence-electron chi connectivity index (χ0n) is 18.8. The van der Waals surface area contributed by atoms with Crippen LogP contribution in [0.1, 0.15) is 11.3 Å². The minimum Gasteiger partial charge on any atom is -0.505 e. The van der Waals surface area contributed by atoms with Gasteiger partial charge in [0.05, 0.1) is 14.2 Å². The predicted octanol–water partition coefficient (Wildman–Crippen LogP) is 4.52. The number of halogens is 1. The van der Waals surface area contributed by atoms with Crippen molar-refractivity contribution >= 4 is 22.7 Å². The first kappa shape index (κ1) is 23.4. The molecule has 176 valence electrons. The normalized spacial score (nSPS) is 11.1. The number of methoxy groups -OCH3 is 2. The molecule has 0 aliphatic carbocycles. The number of benzene rings is 2. The summed E-state index contributed by atoms with van der Waals surface area (Å²) < 4.78 is 31.0. The van der Waals surface area contributed by atoms with Gasteiger partial charge in [-0.05, 0) is 49.2 Å². The number of hydrogen-bond acceptors (Lipinski definition) is 7. The lowest BCUT2D eigenvalue weighted by atomic mass is 10.1. The van der Waals surface area contributed by atoms with E-state index in [1.54, 1.807) is 39.3 Å². The quantitative estimate of drug-likeness (QED) is 0.413. The summed E-state index contributed by atoms with van der Waals surface area (Å²) in [4.78, 5) is 26.0. The van der Waals surface area contributed by atoms with E-state index in [9.17, 15) is 19.1 Å². The first-order chi connectivity index (χ1) is 16.3. The first-order valence-electron chi connectivity index (χ1n) is 10.4. The van der Waals surface area contributed by atoms with E-state index in [0.717, 1.165) is 17.3 Å². The fraction of sp³-hybridized carbons (Fsp3) is 0.200. The Balaban J connectivity index is 1.73. The number of nitrogens with zero attached hydrogens (tertiary/aromatic N) is 1. The summed E-state index contributed by atoms with van der Waals surface area (Å²) in [7, 11) is 3.11. The molecule has 0 aliphatic rings. The number of hydrogen-bond donors (Lipinski definition) is 1. The molecule has 0 aliphatic heterocycles. The molecule has 0 amide bonds. The van der Waals surface area contributed by atoms with Crippen LogP contribution in [0.25, 0.3) is 11.0 Å². The van der Waals surface area contributed by atoms with Crippen LogP contribution >= 0.6 is 11.8 Å². The Labute approximate surface area is 198 Å². The van der Waals surface area contributed by atoms with Gasteiger partial charge in [-0.2, -0.15) is 0 Å². The molecule has 0 saturated heterocycles. The molecule has 2 aromatic carbocycles. The molecule has 9 heteroatoms. The molecule has 2 heterocycles. The molecule has 34 heavy (non-hydrogen) atoms. The van der Waals surface area contributed by atoms with Gasteiger partial charge in [0.2, 0.25) is 0 Å². The van der Waals surface area contributed by atoms with E-state index in [0.29, 0.717) is 35.1 Å². The molecule has 2 aromatic heterocycles. The van der Waals surface area contributed by atoms with Gasteiger partial charge in [0.1, 0.15) is 21.7 Å². The predicted molar refractivity (Wildman–Crippen MR) is 127 cm³/mol. The molecule has 4 aromatic rings. The molecule has 0 atom stereocenters. The third kappa shape index (κ3) is 4.51. The number of aryl methyl sites for hydroxylation is 2. The lowest BCUT2D eigenvalue weighted by Crippen LogP contribution is -2.24. The van der Waals surface area contributed by atoms with Crippen LogP contribution < -0.4 is 20.7 Å². The van der Waals surface area contributed by atoms with Gasteiger partial charge in [-0.25, -0.2) is 9.18 Å². The number of ether oxygens (including phenoxy) is 2. The van der Waals surface area contributed by atoms with Crippen LogP contribution in [0.2, 0.25) is 0 Å². The average Bonchev–Trinajstić information content (AvgIpc) is 2.81. The lowest BCUT2D eigenvalue weighted by molar-refractivity contribution is 0.354. The Hall–Kier alpha value is -3.72. The van der Waals surface area contributed by atoms with Crippen molar-refractivity contribution in [2.45, 2.75) is 29.7 Å². The molecule has 0 fully saturated rings. The highest BCUT2D eigenvalue weighted by atomic mass is 32.2. The first-order valence-corrected chi connectivity index (χ1v) is 11.2. The van der Waals surface area contributed by atoms with Crippen LogP contribution in [0, 0.1) is 12.7 Å². The molecule has 0 saturated carbocycles. The van der Waals surface area contributed by atoms with Crippen LogP contribution in [0.3, 0.4) is 0 Å². The van der Waals surface area contributed by atoms with Gasteiger partial charge in [-0.3, -0.25) is 4.79 Å². The summed E-state index contributed by atoms with van der Waals surface area (Å²) in [5.74, 6) is 0.225. The second-order valence-corrected chi connectivity index (χ2v) is 8.63. The third-order valence-corrected chi connectivity index (χ3v) is 6.45. The largest absolute Gasteiger partial charge is 0.505 e. The van der Waals surface area contributed by atoms with Gasteiger partial charge in [-0.1, -0.05) is 23.9 Å². The minimum absolute atomic E-state index is 0.00374. The number of fused-ring (bicyclic) bond motifs is 1. The van der Waals surface area contributed by atoms with Crippen molar-refractivity contribution in [3.8, 4) is 17.2 Å². The van der Waals surface area contributed by atoms with Crippen molar-refractivity contribution in [2.75, 3.05) is 14.2 Å². The fourth-order valence-corrected chi connectivity index (χ4v) is 4.57. The van der Waals surface area contributed by atoms with E-state index < -0.39 is 22.8 Å². The fourth-order valence-electron chi connectivity index (χ4n) is 3.69. The Kier molecular flexibility index (Phi) is 6.65. The molecule has 1 N–H and O–H groups in total. The highest BCUT2D eigenvalue weighted by molar-refractivity contribution is 7.99. The highest BCUT2D eigenvalue weighted by Gasteiger charge is 2.20. The maximum atomic E-state index is 13.6. The third-order valence-electron chi connectivity index (χ3n) is 5.40. The van der Waals surface area contributed by atoms with E-state index in [-0.39, 0.29) is 15.9 Å². The zero-order chi connectivity index (χ0) is 24.4. The number of aromatic nitrogens is 1. The van der Waals surface area contributed by atoms with Crippen LogP contribution in [0.4, 0.5) is 4.39 Å².